The number of piperazine rings is 1. The predicted octanol–water partition coefficient (Wildman–Crippen LogP) is 1.82. The number of nitrogens with one attached hydrogen (secondary N) is 1. The van der Waals surface area contributed by atoms with Crippen LogP contribution in [0, 0.1) is 0 Å². The van der Waals surface area contributed by atoms with Crippen LogP contribution in [0.3, 0.4) is 0 Å². The van der Waals surface area contributed by atoms with Crippen LogP contribution in [0.1, 0.15) is 13.3 Å². The number of hydrogen-bond acceptors (Lipinski definition) is 4. The second kappa shape index (κ2) is 4.90. The van der Waals surface area contributed by atoms with Crippen molar-refractivity contribution in [2.45, 2.75) is 19.4 Å². The van der Waals surface area contributed by atoms with E-state index in [1.54, 1.807) is 0 Å². The average Bonchev–Trinajstić information content (AvgIpc) is 2.47. The second-order valence-electron chi connectivity index (χ2n) is 4.72. The van der Waals surface area contributed by atoms with Crippen molar-refractivity contribution in [1.82, 2.24) is 15.3 Å². The Balaban J connectivity index is 1.89. The van der Waals surface area contributed by atoms with Crippen molar-refractivity contribution in [3.8, 4) is 0 Å². The van der Waals surface area contributed by atoms with Crippen molar-refractivity contribution in [2.24, 2.45) is 0 Å². The zero-order chi connectivity index (χ0) is 12.4. The summed E-state index contributed by atoms with van der Waals surface area (Å²) in [7, 11) is 0. The lowest BCUT2D eigenvalue weighted by Crippen LogP contribution is -2.50. The highest BCUT2D eigenvalue weighted by atomic mass is 15.2. The summed E-state index contributed by atoms with van der Waals surface area (Å²) >= 11 is 0. The molecule has 4 nitrogen and oxygen atoms in total. The first-order chi connectivity index (χ1) is 8.86. The largest absolute Gasteiger partial charge is 0.352 e. The molecule has 4 heteroatoms. The van der Waals surface area contributed by atoms with Gasteiger partial charge in [-0.15, -0.1) is 0 Å². The van der Waals surface area contributed by atoms with Crippen LogP contribution in [-0.4, -0.2) is 35.6 Å². The maximum Gasteiger partial charge on any atom is 0.147 e. The fourth-order valence-corrected chi connectivity index (χ4v) is 2.41. The minimum absolute atomic E-state index is 0.562. The van der Waals surface area contributed by atoms with Gasteiger partial charge in [-0.3, -0.25) is 4.98 Å². The summed E-state index contributed by atoms with van der Waals surface area (Å²) in [4.78, 5) is 11.5. The first-order valence-electron chi connectivity index (χ1n) is 6.57. The molecule has 0 unspecified atom stereocenters. The first kappa shape index (κ1) is 11.4. The Kier molecular flexibility index (Phi) is 3.11. The van der Waals surface area contributed by atoms with Crippen LogP contribution in [0.5, 0.6) is 0 Å². The van der Waals surface area contributed by atoms with E-state index >= 15 is 0 Å². The molecule has 0 saturated carbocycles. The molecule has 0 aliphatic carbocycles. The van der Waals surface area contributed by atoms with Gasteiger partial charge in [-0.1, -0.05) is 19.1 Å². The predicted molar refractivity (Wildman–Crippen MR) is 73.8 cm³/mol. The van der Waals surface area contributed by atoms with Gasteiger partial charge in [0.05, 0.1) is 17.2 Å². The van der Waals surface area contributed by atoms with Crippen LogP contribution in [0.4, 0.5) is 5.82 Å². The SMILES string of the molecule is CC[C@H]1CN(c2cnc3ccccc3n2)CCN1. The molecular weight excluding hydrogens is 224 g/mol. The van der Waals surface area contributed by atoms with Crippen molar-refractivity contribution in [3.05, 3.63) is 30.5 Å². The first-order valence-corrected chi connectivity index (χ1v) is 6.57. The van der Waals surface area contributed by atoms with Gasteiger partial charge in [0.1, 0.15) is 5.82 Å². The lowest BCUT2D eigenvalue weighted by Gasteiger charge is -2.33. The van der Waals surface area contributed by atoms with Crippen LogP contribution in [0.2, 0.25) is 0 Å². The Labute approximate surface area is 107 Å². The minimum Gasteiger partial charge on any atom is -0.352 e. The summed E-state index contributed by atoms with van der Waals surface area (Å²) < 4.78 is 0. The molecule has 0 spiro atoms. The molecule has 1 aliphatic heterocycles. The van der Waals surface area contributed by atoms with Crippen LogP contribution in [0.25, 0.3) is 11.0 Å². The van der Waals surface area contributed by atoms with E-state index in [2.05, 4.69) is 22.1 Å². The van der Waals surface area contributed by atoms with Gasteiger partial charge in [-0.25, -0.2) is 4.98 Å². The molecule has 0 bridgehead atoms. The minimum atomic E-state index is 0.562. The van der Waals surface area contributed by atoms with Crippen LogP contribution in [0.15, 0.2) is 30.5 Å². The third-order valence-corrected chi connectivity index (χ3v) is 3.51. The van der Waals surface area contributed by atoms with Gasteiger partial charge in [0.2, 0.25) is 0 Å². The molecule has 0 amide bonds. The fraction of sp³-hybridized carbons (Fsp3) is 0.429. The molecule has 18 heavy (non-hydrogen) atoms. The highest BCUT2D eigenvalue weighted by Gasteiger charge is 2.19. The van der Waals surface area contributed by atoms with E-state index in [0.29, 0.717) is 6.04 Å². The van der Waals surface area contributed by atoms with Gasteiger partial charge in [-0.05, 0) is 18.6 Å². The number of nitrogens with zero attached hydrogens (tertiary/aromatic N) is 3. The summed E-state index contributed by atoms with van der Waals surface area (Å²) in [6.07, 6.45) is 3.04. The van der Waals surface area contributed by atoms with E-state index in [0.717, 1.165) is 42.9 Å². The van der Waals surface area contributed by atoms with Gasteiger partial charge in [0, 0.05) is 25.7 Å². The van der Waals surface area contributed by atoms with Crippen LogP contribution >= 0.6 is 0 Å². The van der Waals surface area contributed by atoms with Crippen molar-refractivity contribution in [3.63, 3.8) is 0 Å². The number of fused-ring (bicyclic) bond motifs is 1. The summed E-state index contributed by atoms with van der Waals surface area (Å²) in [5.74, 6) is 0.994. The van der Waals surface area contributed by atoms with Gasteiger partial charge < -0.3 is 10.2 Å². The molecule has 94 valence electrons. The monoisotopic (exact) mass is 242 g/mol. The van der Waals surface area contributed by atoms with E-state index in [4.69, 9.17) is 4.98 Å². The van der Waals surface area contributed by atoms with Crippen molar-refractivity contribution in [1.29, 1.82) is 0 Å². The molecule has 2 heterocycles. The number of rotatable bonds is 2. The summed E-state index contributed by atoms with van der Waals surface area (Å²) in [6, 6.07) is 8.58. The number of anilines is 1. The topological polar surface area (TPSA) is 41.1 Å². The molecule has 2 aromatic rings. The normalized spacial score (nSPS) is 20.3. The summed E-state index contributed by atoms with van der Waals surface area (Å²) in [6.45, 7) is 5.26. The van der Waals surface area contributed by atoms with Gasteiger partial charge in [0.15, 0.2) is 0 Å². The second-order valence-corrected chi connectivity index (χ2v) is 4.72. The number of aromatic nitrogens is 2. The van der Waals surface area contributed by atoms with Gasteiger partial charge in [-0.2, -0.15) is 0 Å². The van der Waals surface area contributed by atoms with Gasteiger partial charge in [0.25, 0.3) is 0 Å². The molecule has 1 aromatic carbocycles. The lowest BCUT2D eigenvalue weighted by molar-refractivity contribution is 0.445. The molecule has 1 N–H and O–H groups in total. The average molecular weight is 242 g/mol. The van der Waals surface area contributed by atoms with E-state index in [1.165, 1.54) is 0 Å². The summed E-state index contributed by atoms with van der Waals surface area (Å²) in [5, 5.41) is 3.52. The molecular formula is C14H18N4. The molecule has 1 aromatic heterocycles. The zero-order valence-electron chi connectivity index (χ0n) is 10.6. The van der Waals surface area contributed by atoms with E-state index in [-0.39, 0.29) is 0 Å². The Hall–Kier alpha value is -1.68. The number of benzene rings is 1. The molecule has 3 rings (SSSR count). The maximum atomic E-state index is 4.70. The Morgan fingerprint density at radius 3 is 3.00 bits per heavy atom. The quantitative estimate of drug-likeness (QED) is 0.872. The highest BCUT2D eigenvalue weighted by molar-refractivity contribution is 5.75. The lowest BCUT2D eigenvalue weighted by atomic mass is 10.1. The highest BCUT2D eigenvalue weighted by Crippen LogP contribution is 2.17. The standard InChI is InChI=1S/C14H18N4/c1-2-11-10-18(8-7-15-11)14-9-16-12-5-3-4-6-13(12)17-14/h3-6,9,11,15H,2,7-8,10H2,1H3/t11-/m0/s1. The van der Waals surface area contributed by atoms with E-state index < -0.39 is 0 Å². The third kappa shape index (κ3) is 2.16. The van der Waals surface area contributed by atoms with E-state index in [1.807, 2.05) is 30.5 Å². The fourth-order valence-electron chi connectivity index (χ4n) is 2.41. The van der Waals surface area contributed by atoms with Crippen molar-refractivity contribution >= 4 is 16.9 Å². The summed E-state index contributed by atoms with van der Waals surface area (Å²) in [5.41, 5.74) is 1.94. The maximum absolute atomic E-state index is 4.70. The Bertz CT molecular complexity index is 540. The number of para-hydroxylation sites is 2. The molecule has 0 radical (unpaired) electrons. The molecule has 1 fully saturated rings. The molecule has 1 aliphatic rings. The van der Waals surface area contributed by atoms with Gasteiger partial charge >= 0.3 is 0 Å². The smallest absolute Gasteiger partial charge is 0.147 e. The number of hydrogen-bond donors (Lipinski definition) is 1. The van der Waals surface area contributed by atoms with Crippen LogP contribution in [-0.2, 0) is 0 Å². The van der Waals surface area contributed by atoms with Crippen molar-refractivity contribution in [2.75, 3.05) is 24.5 Å². The third-order valence-electron chi connectivity index (χ3n) is 3.51. The Morgan fingerprint density at radius 1 is 1.33 bits per heavy atom. The molecule has 1 atom stereocenters. The van der Waals surface area contributed by atoms with E-state index in [9.17, 15) is 0 Å². The van der Waals surface area contributed by atoms with Crippen molar-refractivity contribution < 1.29 is 0 Å². The molecule has 1 saturated heterocycles. The zero-order valence-corrected chi connectivity index (χ0v) is 10.6. The Morgan fingerprint density at radius 2 is 2.17 bits per heavy atom. The van der Waals surface area contributed by atoms with Crippen LogP contribution < -0.4 is 10.2 Å².